The van der Waals surface area contributed by atoms with Crippen molar-refractivity contribution >= 4 is 40.7 Å². The summed E-state index contributed by atoms with van der Waals surface area (Å²) in [6.45, 7) is 6.24. The van der Waals surface area contributed by atoms with Gasteiger partial charge in [0.1, 0.15) is 0 Å². The maximum atomic E-state index is 12.8. The van der Waals surface area contributed by atoms with E-state index in [1.165, 1.54) is 0 Å². The van der Waals surface area contributed by atoms with Crippen molar-refractivity contribution in [2.75, 3.05) is 18.4 Å². The van der Waals surface area contributed by atoms with Crippen molar-refractivity contribution < 1.29 is 9.59 Å². The summed E-state index contributed by atoms with van der Waals surface area (Å²) in [7, 11) is 1.85. The summed E-state index contributed by atoms with van der Waals surface area (Å²) in [5.74, 6) is -0.408. The Bertz CT molecular complexity index is 848. The minimum absolute atomic E-state index is 0.0377. The van der Waals surface area contributed by atoms with E-state index in [0.29, 0.717) is 22.3 Å². The Morgan fingerprint density at radius 1 is 1.26 bits per heavy atom. The molecule has 0 saturated carbocycles. The molecule has 0 atom stereocenters. The van der Waals surface area contributed by atoms with Gasteiger partial charge < -0.3 is 10.2 Å². The largest absolute Gasteiger partial charge is 0.333 e. The highest BCUT2D eigenvalue weighted by Gasteiger charge is 2.20. The molecule has 0 aliphatic rings. The molecule has 6 nitrogen and oxygen atoms in total. The van der Waals surface area contributed by atoms with Gasteiger partial charge in [-0.05, 0) is 38.5 Å². The number of aryl methyl sites for hydroxylation is 2. The van der Waals surface area contributed by atoms with Crippen molar-refractivity contribution in [3.05, 3.63) is 45.2 Å². The second-order valence-corrected chi connectivity index (χ2v) is 7.28. The summed E-state index contributed by atoms with van der Waals surface area (Å²) in [4.78, 5) is 26.8. The van der Waals surface area contributed by atoms with E-state index in [1.807, 2.05) is 27.8 Å². The van der Waals surface area contributed by atoms with E-state index >= 15 is 0 Å². The maximum absolute atomic E-state index is 12.8. The topological polar surface area (TPSA) is 67.2 Å². The normalized spacial score (nSPS) is 10.7. The van der Waals surface area contributed by atoms with Gasteiger partial charge in [0, 0.05) is 29.9 Å². The minimum atomic E-state index is -0.305. The fourth-order valence-electron chi connectivity index (χ4n) is 2.85. The van der Waals surface area contributed by atoms with Gasteiger partial charge in [0.05, 0.1) is 29.4 Å². The molecule has 146 valence electrons. The molecule has 1 N–H and O–H groups in total. The molecule has 2 rings (SSSR count). The predicted octanol–water partition coefficient (Wildman–Crippen LogP) is 3.76. The van der Waals surface area contributed by atoms with Gasteiger partial charge in [0.15, 0.2) is 0 Å². The van der Waals surface area contributed by atoms with Gasteiger partial charge in [-0.25, -0.2) is 0 Å². The van der Waals surface area contributed by atoms with Gasteiger partial charge in [-0.1, -0.05) is 30.1 Å². The van der Waals surface area contributed by atoms with Crippen LogP contribution in [0.25, 0.3) is 0 Å². The molecule has 0 unspecified atom stereocenters. The van der Waals surface area contributed by atoms with Gasteiger partial charge in [-0.15, -0.1) is 0 Å². The average Bonchev–Trinajstić information content (AvgIpc) is 2.83. The van der Waals surface area contributed by atoms with Crippen molar-refractivity contribution in [3.8, 4) is 0 Å². The summed E-state index contributed by atoms with van der Waals surface area (Å²) in [6.07, 6.45) is 0.978. The number of carbonyl (C=O) groups is 2. The van der Waals surface area contributed by atoms with Crippen LogP contribution in [0.5, 0.6) is 0 Å². The maximum Gasteiger partial charge on any atom is 0.244 e. The number of aromatic nitrogens is 2. The summed E-state index contributed by atoms with van der Waals surface area (Å²) >= 11 is 12.0. The lowest BCUT2D eigenvalue weighted by atomic mass is 10.1. The molecule has 0 aliphatic carbocycles. The lowest BCUT2D eigenvalue weighted by Gasteiger charge is -2.22. The van der Waals surface area contributed by atoms with Crippen molar-refractivity contribution in [3.63, 3.8) is 0 Å². The first-order valence-corrected chi connectivity index (χ1v) is 9.50. The first-order chi connectivity index (χ1) is 12.7. The van der Waals surface area contributed by atoms with E-state index in [9.17, 15) is 9.59 Å². The zero-order valence-corrected chi connectivity index (χ0v) is 17.5. The number of nitrogens with zero attached hydrogens (tertiary/aromatic N) is 3. The van der Waals surface area contributed by atoms with E-state index in [2.05, 4.69) is 10.4 Å². The van der Waals surface area contributed by atoms with Crippen LogP contribution in [-0.2, 0) is 23.1 Å². The van der Waals surface area contributed by atoms with E-state index < -0.39 is 0 Å². The van der Waals surface area contributed by atoms with Crippen molar-refractivity contribution in [2.45, 2.75) is 33.6 Å². The second-order valence-electron chi connectivity index (χ2n) is 6.44. The molecule has 8 heteroatoms. The molecular weight excluding hydrogens is 387 g/mol. The Balaban J connectivity index is 2.07. The highest BCUT2D eigenvalue weighted by molar-refractivity contribution is 6.36. The molecule has 1 aromatic carbocycles. The molecule has 2 amide bonds. The van der Waals surface area contributed by atoms with Crippen LogP contribution in [-0.4, -0.2) is 39.6 Å². The van der Waals surface area contributed by atoms with Crippen LogP contribution in [0, 0.1) is 13.8 Å². The van der Waals surface area contributed by atoms with Crippen LogP contribution in [0.3, 0.4) is 0 Å². The number of amides is 2. The number of hydrogen-bond donors (Lipinski definition) is 1. The monoisotopic (exact) mass is 410 g/mol. The molecule has 1 aromatic heterocycles. The standard InChI is InChI=1S/C19H24Cl2N4O2/c1-5-8-25(19(27)10-15-12(2)23-24(4)13(15)3)11-18(26)22-17-7-6-14(20)9-16(17)21/h6-7,9H,5,8,10-11H2,1-4H3,(H,22,26). The molecule has 0 radical (unpaired) electrons. The van der Waals surface area contributed by atoms with Crippen LogP contribution in [0.15, 0.2) is 18.2 Å². The molecule has 0 fully saturated rings. The summed E-state index contributed by atoms with van der Waals surface area (Å²) < 4.78 is 1.76. The smallest absolute Gasteiger partial charge is 0.244 e. The van der Waals surface area contributed by atoms with Crippen LogP contribution < -0.4 is 5.32 Å². The number of hydrogen-bond acceptors (Lipinski definition) is 3. The molecule has 0 bridgehead atoms. The van der Waals surface area contributed by atoms with Crippen LogP contribution in [0.4, 0.5) is 5.69 Å². The van der Waals surface area contributed by atoms with E-state index in [4.69, 9.17) is 23.2 Å². The number of benzene rings is 1. The summed E-state index contributed by atoms with van der Waals surface area (Å²) in [5, 5.41) is 7.92. The Morgan fingerprint density at radius 3 is 2.52 bits per heavy atom. The summed E-state index contributed by atoms with van der Waals surface area (Å²) in [5.41, 5.74) is 3.16. The van der Waals surface area contributed by atoms with E-state index in [0.717, 1.165) is 23.4 Å². The lowest BCUT2D eigenvalue weighted by molar-refractivity contribution is -0.134. The Kier molecular flexibility index (Phi) is 7.27. The molecule has 0 saturated heterocycles. The lowest BCUT2D eigenvalue weighted by Crippen LogP contribution is -2.39. The fourth-order valence-corrected chi connectivity index (χ4v) is 3.31. The number of nitrogens with one attached hydrogen (secondary N) is 1. The van der Waals surface area contributed by atoms with Crippen molar-refractivity contribution in [1.29, 1.82) is 0 Å². The van der Waals surface area contributed by atoms with Crippen molar-refractivity contribution in [1.82, 2.24) is 14.7 Å². The average molecular weight is 411 g/mol. The first-order valence-electron chi connectivity index (χ1n) is 8.74. The highest BCUT2D eigenvalue weighted by Crippen LogP contribution is 2.25. The van der Waals surface area contributed by atoms with Crippen molar-refractivity contribution in [2.24, 2.45) is 7.05 Å². The van der Waals surface area contributed by atoms with Gasteiger partial charge in [0.25, 0.3) is 0 Å². The highest BCUT2D eigenvalue weighted by atomic mass is 35.5. The minimum Gasteiger partial charge on any atom is -0.333 e. The quantitative estimate of drug-likeness (QED) is 0.755. The van der Waals surface area contributed by atoms with Crippen LogP contribution in [0.1, 0.15) is 30.3 Å². The third-order valence-electron chi connectivity index (χ3n) is 4.37. The second kappa shape index (κ2) is 9.24. The van der Waals surface area contributed by atoms with Crippen LogP contribution >= 0.6 is 23.2 Å². The molecule has 0 spiro atoms. The van der Waals surface area contributed by atoms with E-state index in [-0.39, 0.29) is 24.8 Å². The van der Waals surface area contributed by atoms with Gasteiger partial charge in [-0.3, -0.25) is 14.3 Å². The Hall–Kier alpha value is -2.05. The van der Waals surface area contributed by atoms with E-state index in [1.54, 1.807) is 27.8 Å². The number of anilines is 1. The Labute approximate surface area is 169 Å². The summed E-state index contributed by atoms with van der Waals surface area (Å²) in [6, 6.07) is 4.84. The third-order valence-corrected chi connectivity index (χ3v) is 4.92. The number of rotatable bonds is 7. The fraction of sp³-hybridized carbons (Fsp3) is 0.421. The van der Waals surface area contributed by atoms with Crippen LogP contribution in [0.2, 0.25) is 10.0 Å². The SMILES string of the molecule is CCCN(CC(=O)Nc1ccc(Cl)cc1Cl)C(=O)Cc1c(C)nn(C)c1C. The molecule has 0 aliphatic heterocycles. The van der Waals surface area contributed by atoms with Gasteiger partial charge in [0.2, 0.25) is 11.8 Å². The molecule has 27 heavy (non-hydrogen) atoms. The molecular formula is C19H24Cl2N4O2. The zero-order valence-electron chi connectivity index (χ0n) is 16.0. The molecule has 2 aromatic rings. The molecule has 1 heterocycles. The first kappa shape index (κ1) is 21.3. The third kappa shape index (κ3) is 5.47. The number of halogens is 2. The predicted molar refractivity (Wildman–Crippen MR) is 108 cm³/mol. The Morgan fingerprint density at radius 2 is 1.96 bits per heavy atom. The number of carbonyl (C=O) groups excluding carboxylic acids is 2. The van der Waals surface area contributed by atoms with Gasteiger partial charge >= 0.3 is 0 Å². The zero-order chi connectivity index (χ0) is 20.1. The van der Waals surface area contributed by atoms with Gasteiger partial charge in [-0.2, -0.15) is 5.10 Å².